The van der Waals surface area contributed by atoms with Gasteiger partial charge in [-0.15, -0.1) is 0 Å². The van der Waals surface area contributed by atoms with Gasteiger partial charge in [0.05, 0.1) is 6.10 Å². The second-order valence-corrected chi connectivity index (χ2v) is 7.01. The minimum absolute atomic E-state index is 0.0377. The first-order valence-corrected chi connectivity index (χ1v) is 7.69. The van der Waals surface area contributed by atoms with Gasteiger partial charge in [-0.1, -0.05) is 20.3 Å². The molecule has 3 rings (SSSR count). The van der Waals surface area contributed by atoms with E-state index >= 15 is 0 Å². The molecule has 2 aliphatic rings. The average molecular weight is 291 g/mol. The predicted octanol–water partition coefficient (Wildman–Crippen LogP) is 3.57. The standard InChI is InChI=1S/C17H22FNO2/c1-17(2)7-3-4-12(17)16(21)11-8-10-5-6-15(20)19-14(10)9-13(11)18/h8-9,12,16,21H,3-7H2,1-2H3,(H,19,20). The summed E-state index contributed by atoms with van der Waals surface area (Å²) >= 11 is 0. The summed E-state index contributed by atoms with van der Waals surface area (Å²) in [5, 5.41) is 13.4. The van der Waals surface area contributed by atoms with Crippen molar-refractivity contribution >= 4 is 11.6 Å². The SMILES string of the molecule is CC1(C)CCCC1C(O)c1cc2c(cc1F)NC(=O)CC2. The molecule has 0 bridgehead atoms. The number of fused-ring (bicyclic) bond motifs is 1. The van der Waals surface area contributed by atoms with E-state index in [1.165, 1.54) is 6.07 Å². The van der Waals surface area contributed by atoms with Crippen LogP contribution in [0.4, 0.5) is 10.1 Å². The lowest BCUT2D eigenvalue weighted by Crippen LogP contribution is -2.25. The third-order valence-corrected chi connectivity index (χ3v) is 5.16. The van der Waals surface area contributed by atoms with Crippen molar-refractivity contribution in [2.24, 2.45) is 11.3 Å². The molecule has 0 radical (unpaired) electrons. The molecular weight excluding hydrogens is 269 g/mol. The topological polar surface area (TPSA) is 49.3 Å². The molecule has 1 amide bonds. The number of hydrogen-bond donors (Lipinski definition) is 2. The first kappa shape index (κ1) is 14.5. The molecule has 2 unspecified atom stereocenters. The Balaban J connectivity index is 1.94. The van der Waals surface area contributed by atoms with Crippen molar-refractivity contribution in [2.75, 3.05) is 5.32 Å². The van der Waals surface area contributed by atoms with Gasteiger partial charge in [0.25, 0.3) is 0 Å². The quantitative estimate of drug-likeness (QED) is 0.875. The third-order valence-electron chi connectivity index (χ3n) is 5.16. The van der Waals surface area contributed by atoms with Crippen LogP contribution in [0.5, 0.6) is 0 Å². The molecular formula is C17H22FNO2. The van der Waals surface area contributed by atoms with Crippen LogP contribution in [0, 0.1) is 17.2 Å². The number of benzene rings is 1. The molecule has 2 N–H and O–H groups in total. The fourth-order valence-electron chi connectivity index (χ4n) is 3.80. The van der Waals surface area contributed by atoms with E-state index in [9.17, 15) is 14.3 Å². The Hall–Kier alpha value is -1.42. The number of rotatable bonds is 2. The van der Waals surface area contributed by atoms with Gasteiger partial charge in [0.15, 0.2) is 0 Å². The molecule has 1 saturated carbocycles. The van der Waals surface area contributed by atoms with E-state index in [-0.39, 0.29) is 17.2 Å². The van der Waals surface area contributed by atoms with Crippen LogP contribution in [0.3, 0.4) is 0 Å². The number of carbonyl (C=O) groups excluding carboxylic acids is 1. The van der Waals surface area contributed by atoms with Crippen LogP contribution in [-0.4, -0.2) is 11.0 Å². The lowest BCUT2D eigenvalue weighted by atomic mass is 9.76. The van der Waals surface area contributed by atoms with Crippen LogP contribution in [-0.2, 0) is 11.2 Å². The van der Waals surface area contributed by atoms with Gasteiger partial charge < -0.3 is 10.4 Å². The maximum Gasteiger partial charge on any atom is 0.224 e. The van der Waals surface area contributed by atoms with Crippen molar-refractivity contribution in [3.8, 4) is 0 Å². The zero-order valence-corrected chi connectivity index (χ0v) is 12.6. The number of aryl methyl sites for hydroxylation is 1. The molecule has 1 aromatic carbocycles. The lowest BCUT2D eigenvalue weighted by Gasteiger charge is -2.32. The zero-order chi connectivity index (χ0) is 15.2. The second kappa shape index (κ2) is 5.09. The summed E-state index contributed by atoms with van der Waals surface area (Å²) in [5.41, 5.74) is 1.88. The van der Waals surface area contributed by atoms with Crippen LogP contribution in [0.25, 0.3) is 0 Å². The Bertz CT molecular complexity index is 582. The Morgan fingerprint density at radius 2 is 2.14 bits per heavy atom. The highest BCUT2D eigenvalue weighted by molar-refractivity contribution is 5.93. The predicted molar refractivity (Wildman–Crippen MR) is 79.4 cm³/mol. The van der Waals surface area contributed by atoms with Gasteiger partial charge in [0.1, 0.15) is 5.82 Å². The molecule has 4 heteroatoms. The van der Waals surface area contributed by atoms with Crippen LogP contribution in [0.1, 0.15) is 56.8 Å². The fourth-order valence-corrected chi connectivity index (χ4v) is 3.80. The third kappa shape index (κ3) is 2.57. The van der Waals surface area contributed by atoms with E-state index in [1.54, 1.807) is 6.07 Å². The molecule has 114 valence electrons. The number of amides is 1. The molecule has 1 heterocycles. The van der Waals surface area contributed by atoms with Crippen molar-refractivity contribution < 1.29 is 14.3 Å². The lowest BCUT2D eigenvalue weighted by molar-refractivity contribution is -0.116. The van der Waals surface area contributed by atoms with Gasteiger partial charge in [0.2, 0.25) is 5.91 Å². The van der Waals surface area contributed by atoms with Gasteiger partial charge in [-0.25, -0.2) is 4.39 Å². The molecule has 1 aliphatic carbocycles. The Morgan fingerprint density at radius 3 is 2.81 bits per heavy atom. The van der Waals surface area contributed by atoms with Gasteiger partial charge >= 0.3 is 0 Å². The van der Waals surface area contributed by atoms with Crippen molar-refractivity contribution in [1.29, 1.82) is 0 Å². The van der Waals surface area contributed by atoms with Crippen LogP contribution < -0.4 is 5.32 Å². The highest BCUT2D eigenvalue weighted by Gasteiger charge is 2.40. The van der Waals surface area contributed by atoms with Gasteiger partial charge in [-0.05, 0) is 48.3 Å². The second-order valence-electron chi connectivity index (χ2n) is 7.01. The van der Waals surface area contributed by atoms with Crippen LogP contribution in [0.15, 0.2) is 12.1 Å². The largest absolute Gasteiger partial charge is 0.388 e. The van der Waals surface area contributed by atoms with Gasteiger partial charge in [-0.3, -0.25) is 4.79 Å². The monoisotopic (exact) mass is 291 g/mol. The summed E-state index contributed by atoms with van der Waals surface area (Å²) in [4.78, 5) is 11.4. The molecule has 0 spiro atoms. The van der Waals surface area contributed by atoms with Crippen molar-refractivity contribution in [3.05, 3.63) is 29.1 Å². The summed E-state index contributed by atoms with van der Waals surface area (Å²) in [5.74, 6) is -0.415. The number of carbonyl (C=O) groups is 1. The summed E-state index contributed by atoms with van der Waals surface area (Å²) < 4.78 is 14.3. The first-order chi connectivity index (χ1) is 9.88. The minimum atomic E-state index is -0.773. The van der Waals surface area contributed by atoms with Crippen molar-refractivity contribution in [1.82, 2.24) is 0 Å². The highest BCUT2D eigenvalue weighted by Crippen LogP contribution is 2.49. The number of anilines is 1. The molecule has 1 aromatic rings. The van der Waals surface area contributed by atoms with E-state index in [1.807, 2.05) is 0 Å². The normalized spacial score (nSPS) is 25.3. The molecule has 0 saturated heterocycles. The summed E-state index contributed by atoms with van der Waals surface area (Å²) in [7, 11) is 0. The highest BCUT2D eigenvalue weighted by atomic mass is 19.1. The summed E-state index contributed by atoms with van der Waals surface area (Å²) in [6, 6.07) is 3.09. The smallest absolute Gasteiger partial charge is 0.224 e. The van der Waals surface area contributed by atoms with E-state index < -0.39 is 11.9 Å². The average Bonchev–Trinajstić information content (AvgIpc) is 2.76. The van der Waals surface area contributed by atoms with Crippen molar-refractivity contribution in [3.63, 3.8) is 0 Å². The molecule has 1 aliphatic heterocycles. The number of nitrogens with one attached hydrogen (secondary N) is 1. The van der Waals surface area contributed by atoms with E-state index in [4.69, 9.17) is 0 Å². The Morgan fingerprint density at radius 1 is 1.38 bits per heavy atom. The van der Waals surface area contributed by atoms with Gasteiger partial charge in [0, 0.05) is 17.7 Å². The Kier molecular flexibility index (Phi) is 3.52. The maximum atomic E-state index is 14.3. The Labute approximate surface area is 124 Å². The molecule has 21 heavy (non-hydrogen) atoms. The maximum absolute atomic E-state index is 14.3. The minimum Gasteiger partial charge on any atom is -0.388 e. The zero-order valence-electron chi connectivity index (χ0n) is 12.6. The fraction of sp³-hybridized carbons (Fsp3) is 0.588. The first-order valence-electron chi connectivity index (χ1n) is 7.69. The molecule has 3 nitrogen and oxygen atoms in total. The number of halogens is 1. The van der Waals surface area contributed by atoms with Gasteiger partial charge in [-0.2, -0.15) is 0 Å². The van der Waals surface area contributed by atoms with E-state index in [2.05, 4.69) is 19.2 Å². The molecule has 1 fully saturated rings. The van der Waals surface area contributed by atoms with E-state index in [0.717, 1.165) is 24.8 Å². The molecule has 2 atom stereocenters. The number of aliphatic hydroxyl groups excluding tert-OH is 1. The van der Waals surface area contributed by atoms with Crippen molar-refractivity contribution in [2.45, 2.75) is 52.1 Å². The number of aliphatic hydroxyl groups is 1. The molecule has 0 aromatic heterocycles. The summed E-state index contributed by atoms with van der Waals surface area (Å²) in [6.45, 7) is 4.29. The summed E-state index contributed by atoms with van der Waals surface area (Å²) in [6.07, 6.45) is 3.33. The van der Waals surface area contributed by atoms with Crippen LogP contribution in [0.2, 0.25) is 0 Å². The van der Waals surface area contributed by atoms with E-state index in [0.29, 0.717) is 24.1 Å². The van der Waals surface area contributed by atoms with Crippen LogP contribution >= 0.6 is 0 Å². The number of hydrogen-bond acceptors (Lipinski definition) is 2.